The van der Waals surface area contributed by atoms with Crippen molar-refractivity contribution in [3.8, 4) is 0 Å². The van der Waals surface area contributed by atoms with Crippen molar-refractivity contribution >= 4 is 0 Å². The Morgan fingerprint density at radius 1 is 0.526 bits per heavy atom. The van der Waals surface area contributed by atoms with Crippen molar-refractivity contribution in [3.05, 3.63) is 0 Å². The van der Waals surface area contributed by atoms with Gasteiger partial charge in [0.2, 0.25) is 0 Å². The molecule has 0 bridgehead atoms. The van der Waals surface area contributed by atoms with Gasteiger partial charge in [-0.3, -0.25) is 0 Å². The standard InChI is InChI=1S/C19H40/c1-14(2)9-10-16(5)13-19(8)18(7)12-11-17(6)15(3)4/h14-19H,9-13H2,1-8H3. The second-order valence-corrected chi connectivity index (χ2v) is 8.07. The van der Waals surface area contributed by atoms with E-state index >= 15 is 0 Å². The minimum Gasteiger partial charge on any atom is -0.0628 e. The van der Waals surface area contributed by atoms with E-state index in [2.05, 4.69) is 55.4 Å². The highest BCUT2D eigenvalue weighted by molar-refractivity contribution is 4.68. The van der Waals surface area contributed by atoms with E-state index in [0.717, 1.165) is 35.5 Å². The van der Waals surface area contributed by atoms with Gasteiger partial charge in [0.1, 0.15) is 0 Å². The van der Waals surface area contributed by atoms with Gasteiger partial charge in [-0.05, 0) is 41.9 Å². The van der Waals surface area contributed by atoms with Crippen LogP contribution in [0.2, 0.25) is 0 Å². The van der Waals surface area contributed by atoms with E-state index in [0.29, 0.717) is 0 Å². The average Bonchev–Trinajstić information content (AvgIpc) is 2.32. The van der Waals surface area contributed by atoms with Crippen molar-refractivity contribution in [3.63, 3.8) is 0 Å². The number of rotatable bonds is 10. The molecule has 0 amide bonds. The minimum absolute atomic E-state index is 0.840. The molecule has 0 aromatic rings. The van der Waals surface area contributed by atoms with Crippen LogP contribution in [0.15, 0.2) is 0 Å². The van der Waals surface area contributed by atoms with Crippen molar-refractivity contribution in [1.29, 1.82) is 0 Å². The Labute approximate surface area is 123 Å². The largest absolute Gasteiger partial charge is 0.0628 e. The molecular weight excluding hydrogens is 228 g/mol. The third-order valence-corrected chi connectivity index (χ3v) is 5.20. The molecule has 4 unspecified atom stereocenters. The fraction of sp³-hybridized carbons (Fsp3) is 1.00. The Balaban J connectivity index is 3.89. The summed E-state index contributed by atoms with van der Waals surface area (Å²) in [5.74, 6) is 5.27. The van der Waals surface area contributed by atoms with Gasteiger partial charge in [0.05, 0.1) is 0 Å². The molecule has 0 spiro atoms. The summed E-state index contributed by atoms with van der Waals surface area (Å²) in [7, 11) is 0. The zero-order chi connectivity index (χ0) is 15.0. The first-order valence-electron chi connectivity index (χ1n) is 8.73. The van der Waals surface area contributed by atoms with E-state index in [4.69, 9.17) is 0 Å². The van der Waals surface area contributed by atoms with Gasteiger partial charge in [-0.25, -0.2) is 0 Å². The van der Waals surface area contributed by atoms with Crippen LogP contribution in [-0.2, 0) is 0 Å². The van der Waals surface area contributed by atoms with Crippen LogP contribution in [0.1, 0.15) is 87.5 Å². The predicted octanol–water partition coefficient (Wildman–Crippen LogP) is 6.79. The molecule has 0 rings (SSSR count). The van der Waals surface area contributed by atoms with Crippen LogP contribution in [-0.4, -0.2) is 0 Å². The molecule has 0 aliphatic rings. The molecule has 0 heterocycles. The molecule has 0 aliphatic heterocycles. The Morgan fingerprint density at radius 3 is 1.53 bits per heavy atom. The van der Waals surface area contributed by atoms with Gasteiger partial charge in [0.15, 0.2) is 0 Å². The summed E-state index contributed by atoms with van der Waals surface area (Å²) in [6.45, 7) is 19.2. The summed E-state index contributed by atoms with van der Waals surface area (Å²) in [4.78, 5) is 0. The van der Waals surface area contributed by atoms with Gasteiger partial charge >= 0.3 is 0 Å². The number of hydrogen-bond donors (Lipinski definition) is 0. The van der Waals surface area contributed by atoms with Crippen LogP contribution in [0, 0.1) is 35.5 Å². The Bertz CT molecular complexity index is 204. The fourth-order valence-electron chi connectivity index (χ4n) is 2.75. The Morgan fingerprint density at radius 2 is 1.05 bits per heavy atom. The molecule has 0 N–H and O–H groups in total. The van der Waals surface area contributed by atoms with Crippen LogP contribution in [0.25, 0.3) is 0 Å². The Hall–Kier alpha value is 0. The normalized spacial score (nSPS) is 18.6. The van der Waals surface area contributed by atoms with Crippen LogP contribution in [0.4, 0.5) is 0 Å². The fourth-order valence-corrected chi connectivity index (χ4v) is 2.75. The van der Waals surface area contributed by atoms with Gasteiger partial charge in [0.25, 0.3) is 0 Å². The molecule has 4 atom stereocenters. The first kappa shape index (κ1) is 19.0. The Kier molecular flexibility index (Phi) is 9.83. The van der Waals surface area contributed by atoms with E-state index in [1.165, 1.54) is 32.1 Å². The lowest BCUT2D eigenvalue weighted by molar-refractivity contribution is 0.258. The molecule has 0 aromatic heterocycles. The predicted molar refractivity (Wildman–Crippen MR) is 89.4 cm³/mol. The molecule has 0 fully saturated rings. The quantitative estimate of drug-likeness (QED) is 0.409. The van der Waals surface area contributed by atoms with E-state index in [9.17, 15) is 0 Å². The lowest BCUT2D eigenvalue weighted by Crippen LogP contribution is -2.14. The zero-order valence-corrected chi connectivity index (χ0v) is 15.0. The highest BCUT2D eigenvalue weighted by atomic mass is 14.2. The molecule has 0 aromatic carbocycles. The molecule has 0 heteroatoms. The average molecular weight is 269 g/mol. The first-order valence-corrected chi connectivity index (χ1v) is 8.73. The van der Waals surface area contributed by atoms with Crippen LogP contribution >= 0.6 is 0 Å². The number of hydrogen-bond acceptors (Lipinski definition) is 0. The van der Waals surface area contributed by atoms with Crippen molar-refractivity contribution in [1.82, 2.24) is 0 Å². The van der Waals surface area contributed by atoms with Gasteiger partial charge in [-0.2, -0.15) is 0 Å². The SMILES string of the molecule is CC(C)CCC(C)CC(C)C(C)CCC(C)C(C)C. The molecule has 0 saturated heterocycles. The summed E-state index contributed by atoms with van der Waals surface area (Å²) >= 11 is 0. The second-order valence-electron chi connectivity index (χ2n) is 8.07. The summed E-state index contributed by atoms with van der Waals surface area (Å²) in [6, 6.07) is 0. The second kappa shape index (κ2) is 9.83. The summed E-state index contributed by atoms with van der Waals surface area (Å²) in [6.07, 6.45) is 7.05. The third-order valence-electron chi connectivity index (χ3n) is 5.20. The lowest BCUT2D eigenvalue weighted by Gasteiger charge is -2.25. The smallest absolute Gasteiger partial charge is 0.0414 e. The summed E-state index contributed by atoms with van der Waals surface area (Å²) in [5, 5.41) is 0. The minimum atomic E-state index is 0.840. The molecule has 116 valence electrons. The van der Waals surface area contributed by atoms with Crippen LogP contribution in [0.3, 0.4) is 0 Å². The zero-order valence-electron chi connectivity index (χ0n) is 15.0. The highest BCUT2D eigenvalue weighted by Gasteiger charge is 2.17. The first-order chi connectivity index (χ1) is 8.73. The van der Waals surface area contributed by atoms with E-state index in [-0.39, 0.29) is 0 Å². The van der Waals surface area contributed by atoms with Crippen molar-refractivity contribution in [2.45, 2.75) is 87.5 Å². The molecule has 0 saturated carbocycles. The topological polar surface area (TPSA) is 0 Å². The molecular formula is C19H40. The highest BCUT2D eigenvalue weighted by Crippen LogP contribution is 2.28. The van der Waals surface area contributed by atoms with Crippen molar-refractivity contribution in [2.75, 3.05) is 0 Å². The molecule has 0 nitrogen and oxygen atoms in total. The summed E-state index contributed by atoms with van der Waals surface area (Å²) in [5.41, 5.74) is 0. The van der Waals surface area contributed by atoms with Crippen LogP contribution < -0.4 is 0 Å². The maximum absolute atomic E-state index is 2.47. The van der Waals surface area contributed by atoms with Crippen molar-refractivity contribution in [2.24, 2.45) is 35.5 Å². The van der Waals surface area contributed by atoms with Gasteiger partial charge in [0, 0.05) is 0 Å². The lowest BCUT2D eigenvalue weighted by atomic mass is 9.81. The molecule has 0 radical (unpaired) electrons. The molecule has 19 heavy (non-hydrogen) atoms. The van der Waals surface area contributed by atoms with E-state index in [1.807, 2.05) is 0 Å². The van der Waals surface area contributed by atoms with E-state index < -0.39 is 0 Å². The van der Waals surface area contributed by atoms with Gasteiger partial charge in [-0.15, -0.1) is 0 Å². The van der Waals surface area contributed by atoms with Gasteiger partial charge in [-0.1, -0.05) is 81.1 Å². The van der Waals surface area contributed by atoms with Gasteiger partial charge < -0.3 is 0 Å². The van der Waals surface area contributed by atoms with E-state index in [1.54, 1.807) is 0 Å². The maximum atomic E-state index is 2.47. The molecule has 0 aliphatic carbocycles. The maximum Gasteiger partial charge on any atom is -0.0414 e. The van der Waals surface area contributed by atoms with Crippen molar-refractivity contribution < 1.29 is 0 Å². The summed E-state index contributed by atoms with van der Waals surface area (Å²) < 4.78 is 0. The van der Waals surface area contributed by atoms with Crippen LogP contribution in [0.5, 0.6) is 0 Å². The third kappa shape index (κ3) is 9.52. The monoisotopic (exact) mass is 268 g/mol.